The van der Waals surface area contributed by atoms with E-state index in [1.807, 2.05) is 86.6 Å². The molecule has 4 amide bonds. The Morgan fingerprint density at radius 1 is 0.438 bits per heavy atom. The molecule has 0 spiro atoms. The van der Waals surface area contributed by atoms with Crippen molar-refractivity contribution in [3.63, 3.8) is 0 Å². The standard InChI is InChI=1S/C23H24BN3O4.C23H24N2O5.C23H26N2O3/c1-2-20(16-7-4-3-5-8-16)26-21(28)19-12-10-17-9-11-18(15-27(17)22(19)29)31-14-6-13-25-23(24)30;1-2-3-13-30-18-11-9-17-10-12-19(23(29)25(17)15-18)22(28)24-20(14-21(26)27)16-7-5-4-6-8-16;1-3-5-15-28-19-13-11-18-12-14-20(23(27)25(18)16-19)22(26)24-21(4-2)17-9-7-6-8-10-17/h3-5,7-12,15,20H,2,6,13-14H2,1H3,(H,25,30)(H,26,28);4-12,15,20H,2-3,13-14H2,1H3,(H,24,28)(H,26,27);6-14,16,21H,3-5,15H2,1-2H3,(H,24,26). The van der Waals surface area contributed by atoms with Gasteiger partial charge in [0.15, 0.2) is 13.7 Å². The number of carbonyl (C=O) groups is 5. The topological polar surface area (TPSA) is 246 Å². The summed E-state index contributed by atoms with van der Waals surface area (Å²) in [5.41, 5.74) is 3.53. The molecule has 0 aliphatic carbocycles. The Morgan fingerprint density at radius 3 is 1.07 bits per heavy atom. The molecule has 0 saturated heterocycles. The quantitative estimate of drug-likeness (QED) is 0.0251. The van der Waals surface area contributed by atoms with Gasteiger partial charge >= 0.3 is 5.97 Å². The molecule has 0 bridgehead atoms. The van der Waals surface area contributed by atoms with Crippen molar-refractivity contribution in [2.75, 3.05) is 26.4 Å². The molecule has 9 rings (SSSR count). The predicted molar refractivity (Wildman–Crippen MR) is 344 cm³/mol. The Balaban J connectivity index is 0.000000190. The van der Waals surface area contributed by atoms with Crippen LogP contribution in [0.2, 0.25) is 0 Å². The third kappa shape index (κ3) is 18.9. The maximum absolute atomic E-state index is 13.0. The number of fused-ring (bicyclic) bond motifs is 3. The highest BCUT2D eigenvalue weighted by Gasteiger charge is 2.23. The van der Waals surface area contributed by atoms with E-state index >= 15 is 0 Å². The summed E-state index contributed by atoms with van der Waals surface area (Å²) in [4.78, 5) is 99.2. The first kappa shape index (κ1) is 66.3. The molecule has 20 heteroatoms. The summed E-state index contributed by atoms with van der Waals surface area (Å²) in [6, 6.07) is 47.6. The van der Waals surface area contributed by atoms with E-state index in [4.69, 9.17) is 22.1 Å². The predicted octanol–water partition coefficient (Wildman–Crippen LogP) is 10.6. The number of pyridine rings is 6. The highest BCUT2D eigenvalue weighted by atomic mass is 16.5. The lowest BCUT2D eigenvalue weighted by molar-refractivity contribution is -0.137. The number of amides is 4. The smallest absolute Gasteiger partial charge is 0.305 e. The maximum atomic E-state index is 13.0. The second-order valence-corrected chi connectivity index (χ2v) is 20.8. The van der Waals surface area contributed by atoms with Gasteiger partial charge in [0.25, 0.3) is 34.4 Å². The van der Waals surface area contributed by atoms with Gasteiger partial charge in [-0.25, -0.2) is 0 Å². The van der Waals surface area contributed by atoms with E-state index in [-0.39, 0.29) is 46.7 Å². The van der Waals surface area contributed by atoms with Crippen LogP contribution in [0.5, 0.6) is 17.2 Å². The SMILES string of the molecule is CCCCOc1ccc2ccc(C(=O)NC(CC(=O)O)c3ccccc3)c(=O)n2c1.CCCCOc1ccc2ccc(C(=O)NC(CC)c3ccccc3)c(=O)n2c1.[B]C(=O)NCCCOc1ccc2ccc(C(=O)NC(CC)c3ccccc3)c(=O)n2c1. The highest BCUT2D eigenvalue weighted by Crippen LogP contribution is 2.22. The number of nitrogens with zero attached hydrogens (tertiary/aromatic N) is 3. The lowest BCUT2D eigenvalue weighted by atomic mass is 10.0. The minimum Gasteiger partial charge on any atom is -0.492 e. The van der Waals surface area contributed by atoms with Crippen LogP contribution in [0.15, 0.2) is 197 Å². The van der Waals surface area contributed by atoms with Crippen LogP contribution in [0, 0.1) is 0 Å². The number of rotatable bonds is 26. The zero-order valence-electron chi connectivity index (χ0n) is 50.4. The van der Waals surface area contributed by atoms with Crippen molar-refractivity contribution in [2.45, 2.75) is 97.2 Å². The Kier molecular flexibility index (Phi) is 25.0. The molecule has 9 aromatic rings. The number of hydrogen-bond acceptors (Lipinski definition) is 11. The van der Waals surface area contributed by atoms with Gasteiger partial charge < -0.3 is 40.6 Å². The van der Waals surface area contributed by atoms with Crippen LogP contribution in [0.25, 0.3) is 16.6 Å². The van der Waals surface area contributed by atoms with E-state index in [2.05, 4.69) is 35.1 Å². The van der Waals surface area contributed by atoms with Gasteiger partial charge in [-0.15, -0.1) is 0 Å². The summed E-state index contributed by atoms with van der Waals surface area (Å²) in [5.74, 6) is -1.39. The monoisotopic (exact) mass is 1200 g/mol. The molecule has 0 aliphatic rings. The van der Waals surface area contributed by atoms with Crippen LogP contribution in [0.1, 0.15) is 145 Å². The summed E-state index contributed by atoms with van der Waals surface area (Å²) >= 11 is 0. The lowest BCUT2D eigenvalue weighted by Crippen LogP contribution is -2.34. The summed E-state index contributed by atoms with van der Waals surface area (Å²) in [6.45, 7) is 10.0. The number of unbranched alkanes of at least 4 members (excludes halogenated alkanes) is 2. The van der Waals surface area contributed by atoms with Gasteiger partial charge in [-0.1, -0.05) is 132 Å². The molecule has 3 unspecified atom stereocenters. The van der Waals surface area contributed by atoms with Crippen LogP contribution >= 0.6 is 0 Å². The molecule has 3 aromatic carbocycles. The summed E-state index contributed by atoms with van der Waals surface area (Å²) in [6.07, 6.45) is 10.4. The zero-order valence-corrected chi connectivity index (χ0v) is 50.4. The molecule has 2 radical (unpaired) electrons. The molecule has 5 N–H and O–H groups in total. The average Bonchev–Trinajstić information content (AvgIpc) is 1.75. The van der Waals surface area contributed by atoms with Crippen LogP contribution in [-0.4, -0.2) is 82.0 Å². The normalized spacial score (nSPS) is 11.8. The maximum Gasteiger partial charge on any atom is 0.305 e. The van der Waals surface area contributed by atoms with E-state index < -0.39 is 40.8 Å². The van der Waals surface area contributed by atoms with E-state index in [1.54, 1.807) is 104 Å². The number of aromatic nitrogens is 3. The lowest BCUT2D eigenvalue weighted by Gasteiger charge is -2.17. The van der Waals surface area contributed by atoms with Crippen LogP contribution in [-0.2, 0) is 4.79 Å². The molecule has 6 heterocycles. The molecule has 19 nitrogen and oxygen atoms in total. The largest absolute Gasteiger partial charge is 0.492 e. The minimum absolute atomic E-state index is 0.0645. The number of benzene rings is 3. The van der Waals surface area contributed by atoms with Gasteiger partial charge in [-0.2, -0.15) is 0 Å². The van der Waals surface area contributed by atoms with Gasteiger partial charge in [0.2, 0.25) is 0 Å². The fraction of sp³-hybridized carbons (Fsp3) is 0.275. The van der Waals surface area contributed by atoms with Gasteiger partial charge in [0.05, 0.1) is 63.0 Å². The first-order chi connectivity index (χ1) is 43.1. The number of carboxylic acids is 1. The van der Waals surface area contributed by atoms with E-state index in [1.165, 1.54) is 19.3 Å². The summed E-state index contributed by atoms with van der Waals surface area (Å²) in [5, 5.41) is 20.3. The van der Waals surface area contributed by atoms with Crippen LogP contribution in [0.3, 0.4) is 0 Å². The highest BCUT2D eigenvalue weighted by molar-refractivity contribution is 6.57. The average molecular weight is 1200 g/mol. The van der Waals surface area contributed by atoms with Gasteiger partial charge in [-0.3, -0.25) is 51.6 Å². The molecule has 460 valence electrons. The second-order valence-electron chi connectivity index (χ2n) is 20.8. The molecule has 6 aromatic heterocycles. The van der Waals surface area contributed by atoms with E-state index in [0.29, 0.717) is 73.1 Å². The minimum atomic E-state index is -1.05. The van der Waals surface area contributed by atoms with Crippen molar-refractivity contribution in [1.29, 1.82) is 0 Å². The Labute approximate surface area is 517 Å². The van der Waals surface area contributed by atoms with E-state index in [9.17, 15) is 43.5 Å². The molecular weight excluding hydrogens is 1130 g/mol. The summed E-state index contributed by atoms with van der Waals surface area (Å²) < 4.78 is 21.2. The Hall–Kier alpha value is -10.2. The number of carboxylic acid groups (broad SMARTS) is 1. The summed E-state index contributed by atoms with van der Waals surface area (Å²) in [7, 11) is 5.01. The van der Waals surface area contributed by atoms with Crippen molar-refractivity contribution < 1.29 is 43.3 Å². The molecule has 0 saturated carbocycles. The van der Waals surface area contributed by atoms with Gasteiger partial charge in [-0.05, 0) is 122 Å². The molecule has 0 fully saturated rings. The van der Waals surface area contributed by atoms with Crippen LogP contribution in [0.4, 0.5) is 4.79 Å². The first-order valence-electron chi connectivity index (χ1n) is 29.8. The number of nitrogens with one attached hydrogen (secondary N) is 4. The second kappa shape index (κ2) is 33.6. The molecule has 89 heavy (non-hydrogen) atoms. The zero-order chi connectivity index (χ0) is 63.7. The van der Waals surface area contributed by atoms with Crippen molar-refractivity contribution in [2.24, 2.45) is 0 Å². The van der Waals surface area contributed by atoms with Crippen molar-refractivity contribution in [3.8, 4) is 17.2 Å². The molecule has 0 aliphatic heterocycles. The van der Waals surface area contributed by atoms with Crippen molar-refractivity contribution in [3.05, 3.63) is 247 Å². The molecular formula is C69H74BN7O12. The Bertz CT molecular complexity index is 4030. The third-order valence-corrected chi connectivity index (χ3v) is 14.3. The number of ether oxygens (including phenoxy) is 3. The van der Waals surface area contributed by atoms with E-state index in [0.717, 1.165) is 48.7 Å². The fourth-order valence-corrected chi connectivity index (χ4v) is 9.47. The van der Waals surface area contributed by atoms with Gasteiger partial charge in [0.1, 0.15) is 33.9 Å². The van der Waals surface area contributed by atoms with Crippen molar-refractivity contribution in [1.82, 2.24) is 34.5 Å². The van der Waals surface area contributed by atoms with Gasteiger partial charge in [0, 0.05) is 23.1 Å². The molecule has 3 atom stereocenters. The number of aliphatic carboxylic acids is 1. The third-order valence-electron chi connectivity index (χ3n) is 14.3. The van der Waals surface area contributed by atoms with Crippen molar-refractivity contribution >= 4 is 53.9 Å². The number of hydrogen-bond donors (Lipinski definition) is 5. The fourth-order valence-electron chi connectivity index (χ4n) is 9.47. The van der Waals surface area contributed by atoms with Crippen LogP contribution < -0.4 is 52.2 Å². The number of carbonyl (C=O) groups excluding carboxylic acids is 4. The first-order valence-corrected chi connectivity index (χ1v) is 29.8. The Morgan fingerprint density at radius 2 is 0.753 bits per heavy atom.